The normalized spacial score (nSPS) is 9.68. The monoisotopic (exact) mass is 684 g/mol. The summed E-state index contributed by atoms with van der Waals surface area (Å²) in [5.41, 5.74) is -0.650. The molecule has 0 aromatic heterocycles. The van der Waals surface area contributed by atoms with Gasteiger partial charge in [-0.1, -0.05) is 0 Å². The summed E-state index contributed by atoms with van der Waals surface area (Å²) in [7, 11) is 0.903. The fraction of sp³-hybridized carbons (Fsp3) is 0.143. The summed E-state index contributed by atoms with van der Waals surface area (Å²) >= 11 is 4.14. The third kappa shape index (κ3) is 68.6. The molecule has 0 amide bonds. The molecule has 0 aromatic rings. The molecular formula is C7H13Cl2CoF6O6S2W. The van der Waals surface area contributed by atoms with Crippen molar-refractivity contribution in [2.75, 3.05) is 0 Å². The molecule has 0 saturated heterocycles. The minimum Gasteiger partial charge on any atom is 0 e. The first kappa shape index (κ1) is 56.2. The number of rotatable bonds is 2. The average molecular weight is 685 g/mol. The maximum Gasteiger partial charge on any atom is 0 e. The maximum atomic E-state index is 9.40. The van der Waals surface area contributed by atoms with Crippen LogP contribution in [0.1, 0.15) is 6.42 Å². The van der Waals surface area contributed by atoms with E-state index in [-0.39, 0.29) is 60.5 Å². The van der Waals surface area contributed by atoms with Crippen LogP contribution in [0.5, 0.6) is 0 Å². The Labute approximate surface area is 170 Å². The second kappa shape index (κ2) is 28.9. The van der Waals surface area contributed by atoms with Gasteiger partial charge in [-0.2, -0.15) is 0 Å². The summed E-state index contributed by atoms with van der Waals surface area (Å²) in [6.07, 6.45) is 7.13. The molecule has 0 bridgehead atoms. The molecule has 0 fully saturated rings. The van der Waals surface area contributed by atoms with Crippen LogP contribution >= 0.6 is 21.4 Å². The predicted molar refractivity (Wildman–Crippen MR) is 79.9 cm³/mol. The molecule has 0 spiro atoms. The Morgan fingerprint density at radius 2 is 1.08 bits per heavy atom. The molecule has 1 aliphatic carbocycles. The fourth-order valence-electron chi connectivity index (χ4n) is 0.412. The molecule has 0 aromatic carbocycles. The van der Waals surface area contributed by atoms with Crippen molar-refractivity contribution >= 4 is 50.7 Å². The van der Waals surface area contributed by atoms with Crippen LogP contribution in [0.15, 0.2) is 22.7 Å². The molecule has 25 heavy (non-hydrogen) atoms. The van der Waals surface area contributed by atoms with E-state index in [2.05, 4.69) is 43.2 Å². The van der Waals surface area contributed by atoms with Crippen LogP contribution < -0.4 is 0 Å². The van der Waals surface area contributed by atoms with Gasteiger partial charge in [0.1, 0.15) is 0 Å². The zero-order valence-electron chi connectivity index (χ0n) is 11.3. The topological polar surface area (TPSA) is 102 Å². The molecule has 0 aliphatic heterocycles. The Morgan fingerprint density at radius 1 is 0.840 bits per heavy atom. The molecule has 0 unspecified atom stereocenters. The van der Waals surface area contributed by atoms with Crippen molar-refractivity contribution in [3.8, 4) is 0 Å². The first-order valence-electron chi connectivity index (χ1n) is 3.80. The van der Waals surface area contributed by atoms with Gasteiger partial charge in [0, 0.05) is 42.4 Å². The summed E-state index contributed by atoms with van der Waals surface area (Å²) in [6, 6.07) is 0. The third-order valence-electron chi connectivity index (χ3n) is 0.939. The second-order valence-corrected chi connectivity index (χ2v) is 7.90. The summed E-state index contributed by atoms with van der Waals surface area (Å²) < 4.78 is 38.7. The van der Waals surface area contributed by atoms with Crippen molar-refractivity contribution in [2.45, 2.75) is 6.42 Å². The van der Waals surface area contributed by atoms with Gasteiger partial charge in [0.2, 0.25) is 11.2 Å². The van der Waals surface area contributed by atoms with E-state index in [0.717, 1.165) is 10.9 Å². The summed E-state index contributed by atoms with van der Waals surface area (Å²) in [5, 5.41) is 0. The Morgan fingerprint density at radius 3 is 1.12 bits per heavy atom. The van der Waals surface area contributed by atoms with Gasteiger partial charge < -0.3 is 0 Å². The summed E-state index contributed by atoms with van der Waals surface area (Å²) in [5.74, 6) is 0. The van der Waals surface area contributed by atoms with Crippen molar-refractivity contribution in [2.24, 2.45) is 0 Å². The number of hydrogen-bond acceptors (Lipinski definition) is 6. The first-order valence-corrected chi connectivity index (χ1v) is 9.07. The van der Waals surface area contributed by atoms with Crippen LogP contribution in [0.25, 0.3) is 0 Å². The predicted octanol–water partition coefficient (Wildman–Crippen LogP) is 1.78. The Hall–Kier alpha value is 0.0748. The van der Waals surface area contributed by atoms with E-state index in [9.17, 15) is 16.8 Å². The van der Waals surface area contributed by atoms with Gasteiger partial charge >= 0.3 is 44.9 Å². The van der Waals surface area contributed by atoms with E-state index in [0.29, 0.717) is 0 Å². The van der Waals surface area contributed by atoms with E-state index in [1.807, 2.05) is 12.2 Å². The van der Waals surface area contributed by atoms with Crippen molar-refractivity contribution in [1.29, 1.82) is 0 Å². The first-order chi connectivity index (χ1) is 8.02. The molecule has 6 nitrogen and oxygen atoms in total. The van der Waals surface area contributed by atoms with Crippen molar-refractivity contribution in [3.63, 3.8) is 0 Å². The average Bonchev–Trinajstić information content (AvgIpc) is 2.69. The molecule has 1 rings (SSSR count). The van der Waals surface area contributed by atoms with E-state index in [4.69, 9.17) is 9.59 Å². The molecule has 0 saturated carbocycles. The quantitative estimate of drug-likeness (QED) is 0.250. The second-order valence-electron chi connectivity index (χ2n) is 2.36. The van der Waals surface area contributed by atoms with Gasteiger partial charge in [0.05, 0.1) is 0 Å². The van der Waals surface area contributed by atoms with E-state index >= 15 is 0 Å². The van der Waals surface area contributed by atoms with Crippen LogP contribution in [0.4, 0.5) is 28.2 Å². The van der Waals surface area contributed by atoms with E-state index < -0.39 is 18.1 Å². The number of halogens is 8. The van der Waals surface area contributed by atoms with Crippen LogP contribution in [0.3, 0.4) is 0 Å². The molecular weight excluding hydrogens is 672 g/mol. The van der Waals surface area contributed by atoms with E-state index in [1.54, 1.807) is 0 Å². The molecule has 0 heterocycles. The molecule has 1 aliphatic rings. The minimum atomic E-state index is -3.87. The summed E-state index contributed by atoms with van der Waals surface area (Å²) in [4.78, 5) is 18.2. The zero-order chi connectivity index (χ0) is 14.8. The van der Waals surface area contributed by atoms with Crippen LogP contribution in [0, 0.1) is 0 Å². The van der Waals surface area contributed by atoms with Gasteiger partial charge in [-0.3, -0.25) is 37.8 Å². The van der Waals surface area contributed by atoms with Gasteiger partial charge in [-0.15, -0.1) is 0 Å². The molecule has 0 N–H and O–H groups in total. The van der Waals surface area contributed by atoms with Crippen LogP contribution in [-0.4, -0.2) is 28.1 Å². The molecule has 160 valence electrons. The number of carbonyl (C=O) groups is 2. The van der Waals surface area contributed by atoms with Crippen LogP contribution in [-0.2, 0) is 64.5 Å². The Kier molecular flexibility index (Phi) is 64.9. The smallest absolute Gasteiger partial charge is 0 e. The summed E-state index contributed by atoms with van der Waals surface area (Å²) in [6.45, 7) is 0. The van der Waals surface area contributed by atoms with Gasteiger partial charge in [-0.05, 0) is 0 Å². The standard InChI is InChI=1S/C5H5.2CHClO3S.Co.6FH.W/c1-2-4-5-3-1;2*2-6(4,5)1-3;;;;;;;;/h1-3H,4H2;2*1H;;6*1H;. The van der Waals surface area contributed by atoms with Crippen molar-refractivity contribution < 1.29 is 91.5 Å². The van der Waals surface area contributed by atoms with Gasteiger partial charge in [-0.25, -0.2) is 16.8 Å². The van der Waals surface area contributed by atoms with E-state index in [1.165, 1.54) is 0 Å². The maximum absolute atomic E-state index is 9.40. The number of carbonyl (C=O) groups excluding carboxylic acids is 2. The largest absolute Gasteiger partial charge is 0 e. The molecule has 18 heteroatoms. The van der Waals surface area contributed by atoms with Crippen molar-refractivity contribution in [1.82, 2.24) is 0 Å². The minimum absolute atomic E-state index is 0. The SMILES string of the molecule is F.F.F.F.F.F.O=CS(=O)(=O)Cl.O=CS(=O)(=O)Cl.[Co][C]1=CC=CC1.[W]. The zero-order valence-corrected chi connectivity index (χ0v) is 18.4. The Balaban J connectivity index is -0.0000000192. The fourth-order valence-corrected chi connectivity index (χ4v) is 0.634. The van der Waals surface area contributed by atoms with Crippen molar-refractivity contribution in [3.05, 3.63) is 22.7 Å². The molecule has 0 atom stereocenters. The van der Waals surface area contributed by atoms with Gasteiger partial charge in [0.25, 0.3) is 18.1 Å². The van der Waals surface area contributed by atoms with Gasteiger partial charge in [0.15, 0.2) is 0 Å². The third-order valence-corrected chi connectivity index (χ3v) is 2.22. The molecule has 0 radical (unpaired) electrons. The number of allylic oxidation sites excluding steroid dienone is 4. The van der Waals surface area contributed by atoms with Crippen LogP contribution in [0.2, 0.25) is 0 Å². The number of hydrogen-bond donors (Lipinski definition) is 0. The Bertz CT molecular complexity index is 501.